The lowest BCUT2D eigenvalue weighted by Crippen LogP contribution is -2.53. The summed E-state index contributed by atoms with van der Waals surface area (Å²) in [4.78, 5) is 44.0. The second-order valence-electron chi connectivity index (χ2n) is 7.09. The number of ether oxygens (including phenoxy) is 1. The van der Waals surface area contributed by atoms with Crippen LogP contribution in [0.3, 0.4) is 0 Å². The quantitative estimate of drug-likeness (QED) is 0.603. The van der Waals surface area contributed by atoms with E-state index in [9.17, 15) is 18.8 Å². The van der Waals surface area contributed by atoms with Crippen LogP contribution in [0.4, 0.5) is 9.18 Å². The maximum atomic E-state index is 12.9. The number of hydrogen-bond donors (Lipinski definition) is 0. The number of nitrogens with zero attached hydrogens (tertiary/aromatic N) is 4. The van der Waals surface area contributed by atoms with E-state index in [2.05, 4.69) is 4.90 Å². The van der Waals surface area contributed by atoms with Gasteiger partial charge in [0.05, 0.1) is 0 Å². The molecule has 0 aliphatic carbocycles. The molecule has 0 aromatic heterocycles. The molecule has 2 saturated heterocycles. The first-order valence-corrected chi connectivity index (χ1v) is 9.95. The number of benzene rings is 1. The number of urea groups is 1. The summed E-state index contributed by atoms with van der Waals surface area (Å²) in [5.74, 6) is -0.277. The van der Waals surface area contributed by atoms with Crippen LogP contribution < -0.4 is 4.74 Å². The van der Waals surface area contributed by atoms with Gasteiger partial charge in [0.1, 0.15) is 30.8 Å². The number of rotatable bonds is 8. The average Bonchev–Trinajstić information content (AvgIpc) is 2.95. The highest BCUT2D eigenvalue weighted by Crippen LogP contribution is 2.22. The van der Waals surface area contributed by atoms with Crippen molar-refractivity contribution in [2.75, 3.05) is 52.4 Å². The highest BCUT2D eigenvalue weighted by Gasteiger charge is 2.48. The number of piperazine rings is 1. The topological polar surface area (TPSA) is 73.4 Å². The third-order valence-electron chi connectivity index (χ3n) is 5.39. The zero-order valence-electron chi connectivity index (χ0n) is 16.8. The van der Waals surface area contributed by atoms with Crippen molar-refractivity contribution < 1.29 is 23.5 Å². The molecule has 8 nitrogen and oxygen atoms in total. The summed E-state index contributed by atoms with van der Waals surface area (Å²) >= 11 is 0. The Morgan fingerprint density at radius 3 is 2.52 bits per heavy atom. The molecular weight excluding hydrogens is 379 g/mol. The Hall–Kier alpha value is -2.68. The van der Waals surface area contributed by atoms with Crippen LogP contribution in [-0.2, 0) is 9.59 Å². The minimum atomic E-state index is -0.563. The van der Waals surface area contributed by atoms with E-state index in [0.29, 0.717) is 51.6 Å². The minimum Gasteiger partial charge on any atom is -0.492 e. The van der Waals surface area contributed by atoms with Gasteiger partial charge >= 0.3 is 6.03 Å². The minimum absolute atomic E-state index is 0.208. The summed E-state index contributed by atoms with van der Waals surface area (Å²) in [5.41, 5.74) is 0. The molecule has 158 valence electrons. The summed E-state index contributed by atoms with van der Waals surface area (Å²) in [6.07, 6.45) is 0. The van der Waals surface area contributed by atoms with Gasteiger partial charge in [0.2, 0.25) is 5.91 Å². The van der Waals surface area contributed by atoms with E-state index < -0.39 is 6.04 Å². The van der Waals surface area contributed by atoms with Crippen molar-refractivity contribution in [1.29, 1.82) is 0 Å². The number of carbonyl (C=O) groups excluding carboxylic acids is 3. The predicted molar refractivity (Wildman–Crippen MR) is 104 cm³/mol. The summed E-state index contributed by atoms with van der Waals surface area (Å²) in [5, 5.41) is 0. The summed E-state index contributed by atoms with van der Waals surface area (Å²) in [6.45, 7) is 7.05. The van der Waals surface area contributed by atoms with E-state index in [4.69, 9.17) is 4.74 Å². The summed E-state index contributed by atoms with van der Waals surface area (Å²) < 4.78 is 18.5. The molecule has 2 aliphatic rings. The first kappa shape index (κ1) is 21.0. The van der Waals surface area contributed by atoms with E-state index in [-0.39, 0.29) is 30.2 Å². The molecule has 1 aromatic carbocycles. The molecular formula is C20H27FN4O4. The normalized spacial score (nSPS) is 19.5. The first-order chi connectivity index (χ1) is 13.9. The lowest BCUT2D eigenvalue weighted by molar-refractivity contribution is -0.137. The van der Waals surface area contributed by atoms with Crippen molar-refractivity contribution in [3.8, 4) is 5.75 Å². The Balaban J connectivity index is 1.53. The van der Waals surface area contributed by atoms with Crippen LogP contribution in [0.15, 0.2) is 24.3 Å². The van der Waals surface area contributed by atoms with E-state index in [1.165, 1.54) is 12.1 Å². The van der Waals surface area contributed by atoms with E-state index in [0.717, 1.165) is 4.90 Å². The first-order valence-electron chi connectivity index (χ1n) is 9.95. The molecule has 0 spiro atoms. The van der Waals surface area contributed by atoms with Crippen LogP contribution in [0.2, 0.25) is 0 Å². The lowest BCUT2D eigenvalue weighted by atomic mass is 10.2. The van der Waals surface area contributed by atoms with Crippen LogP contribution in [0.1, 0.15) is 13.8 Å². The molecule has 0 saturated carbocycles. The Labute approximate surface area is 169 Å². The molecule has 2 fully saturated rings. The number of carbonyl (C=O) groups is 3. The van der Waals surface area contributed by atoms with Gasteiger partial charge in [0.25, 0.3) is 5.91 Å². The van der Waals surface area contributed by atoms with E-state index in [1.54, 1.807) is 21.9 Å². The SMILES string of the molecule is CCN(CC)C(=O)CN1C(=O)C2CN(CCOc3ccc(F)cc3)CCN2C1=O. The van der Waals surface area contributed by atoms with Gasteiger partial charge < -0.3 is 14.5 Å². The fraction of sp³-hybridized carbons (Fsp3) is 0.550. The van der Waals surface area contributed by atoms with Crippen molar-refractivity contribution in [2.45, 2.75) is 19.9 Å². The highest BCUT2D eigenvalue weighted by atomic mass is 19.1. The Morgan fingerprint density at radius 1 is 1.17 bits per heavy atom. The largest absolute Gasteiger partial charge is 0.492 e. The maximum absolute atomic E-state index is 12.9. The van der Waals surface area contributed by atoms with Gasteiger partial charge in [-0.05, 0) is 38.1 Å². The number of hydrogen-bond acceptors (Lipinski definition) is 5. The number of halogens is 1. The summed E-state index contributed by atoms with van der Waals surface area (Å²) in [6, 6.07) is 4.86. The molecule has 0 bridgehead atoms. The van der Waals surface area contributed by atoms with Crippen molar-refractivity contribution in [3.63, 3.8) is 0 Å². The van der Waals surface area contributed by atoms with Gasteiger partial charge in [-0.1, -0.05) is 0 Å². The molecule has 4 amide bonds. The van der Waals surface area contributed by atoms with Crippen LogP contribution in [0.25, 0.3) is 0 Å². The number of imide groups is 1. The molecule has 29 heavy (non-hydrogen) atoms. The van der Waals surface area contributed by atoms with Crippen molar-refractivity contribution in [1.82, 2.24) is 19.6 Å². The molecule has 2 heterocycles. The molecule has 1 atom stereocenters. The van der Waals surface area contributed by atoms with Gasteiger partial charge in [0, 0.05) is 39.3 Å². The number of amides is 4. The van der Waals surface area contributed by atoms with Crippen LogP contribution in [0.5, 0.6) is 5.75 Å². The molecule has 0 radical (unpaired) electrons. The molecule has 0 N–H and O–H groups in total. The van der Waals surface area contributed by atoms with Crippen LogP contribution in [0, 0.1) is 5.82 Å². The maximum Gasteiger partial charge on any atom is 0.328 e. The predicted octanol–water partition coefficient (Wildman–Crippen LogP) is 1.02. The average molecular weight is 406 g/mol. The molecule has 3 rings (SSSR count). The number of fused-ring (bicyclic) bond motifs is 1. The van der Waals surface area contributed by atoms with Gasteiger partial charge in [-0.2, -0.15) is 0 Å². The zero-order valence-corrected chi connectivity index (χ0v) is 16.8. The lowest BCUT2D eigenvalue weighted by Gasteiger charge is -2.35. The monoisotopic (exact) mass is 406 g/mol. The third kappa shape index (κ3) is 4.67. The van der Waals surface area contributed by atoms with Crippen LogP contribution >= 0.6 is 0 Å². The second-order valence-corrected chi connectivity index (χ2v) is 7.09. The van der Waals surface area contributed by atoms with Gasteiger partial charge in [-0.3, -0.25) is 19.4 Å². The van der Waals surface area contributed by atoms with Gasteiger partial charge in [0.15, 0.2) is 0 Å². The Morgan fingerprint density at radius 2 is 1.86 bits per heavy atom. The molecule has 2 aliphatic heterocycles. The van der Waals surface area contributed by atoms with E-state index >= 15 is 0 Å². The van der Waals surface area contributed by atoms with E-state index in [1.807, 2.05) is 13.8 Å². The van der Waals surface area contributed by atoms with Crippen molar-refractivity contribution >= 4 is 17.8 Å². The fourth-order valence-corrected chi connectivity index (χ4v) is 3.69. The Kier molecular flexibility index (Phi) is 6.68. The molecule has 9 heteroatoms. The fourth-order valence-electron chi connectivity index (χ4n) is 3.69. The van der Waals surface area contributed by atoms with Crippen molar-refractivity contribution in [3.05, 3.63) is 30.1 Å². The zero-order chi connectivity index (χ0) is 21.0. The standard InChI is InChI=1S/C20H27FN4O4/c1-3-23(4-2)18(26)14-25-19(27)17-13-22(9-10-24(17)20(25)28)11-12-29-16-7-5-15(21)6-8-16/h5-8,17H,3-4,9-14H2,1-2H3. The third-order valence-corrected chi connectivity index (χ3v) is 5.39. The van der Waals surface area contributed by atoms with Gasteiger partial charge in [-0.25, -0.2) is 9.18 Å². The summed E-state index contributed by atoms with van der Waals surface area (Å²) in [7, 11) is 0. The van der Waals surface area contributed by atoms with Crippen LogP contribution in [-0.4, -0.2) is 95.9 Å². The molecule has 1 aromatic rings. The smallest absolute Gasteiger partial charge is 0.328 e. The Bertz CT molecular complexity index is 753. The molecule has 1 unspecified atom stereocenters. The van der Waals surface area contributed by atoms with Gasteiger partial charge in [-0.15, -0.1) is 0 Å². The number of likely N-dealkylation sites (N-methyl/N-ethyl adjacent to an activating group) is 1. The van der Waals surface area contributed by atoms with Crippen molar-refractivity contribution in [2.24, 2.45) is 0 Å². The second kappa shape index (κ2) is 9.21. The highest BCUT2D eigenvalue weighted by molar-refractivity contribution is 6.06.